The minimum absolute atomic E-state index is 0.250. The molecule has 0 saturated carbocycles. The molecule has 0 aromatic rings. The van der Waals surface area contributed by atoms with E-state index < -0.39 is 7.60 Å². The average molecular weight is 330 g/mol. The van der Waals surface area contributed by atoms with Gasteiger partial charge in [0, 0.05) is 6.08 Å². The van der Waals surface area contributed by atoms with Crippen LogP contribution in [0.3, 0.4) is 0 Å². The highest BCUT2D eigenvalue weighted by atomic mass is 31.2. The molecule has 0 fully saturated rings. The van der Waals surface area contributed by atoms with Crippen molar-refractivity contribution in [2.45, 2.75) is 34.6 Å². The number of hydrogen-bond donors (Lipinski definition) is 0. The highest BCUT2D eigenvalue weighted by Crippen LogP contribution is 2.49. The van der Waals surface area contributed by atoms with Gasteiger partial charge in [0.15, 0.2) is 0 Å². The minimum Gasteiger partial charge on any atom is -0.463 e. The molecule has 0 N–H and O–H groups in total. The zero-order valence-electron chi connectivity index (χ0n) is 14.1. The molecule has 126 valence electrons. The Labute approximate surface area is 133 Å². The van der Waals surface area contributed by atoms with Gasteiger partial charge in [-0.2, -0.15) is 0 Å². The first-order valence-electron chi connectivity index (χ1n) is 7.43. The quantitative estimate of drug-likeness (QED) is 0.259. The van der Waals surface area contributed by atoms with Gasteiger partial charge in [0.25, 0.3) is 0 Å². The summed E-state index contributed by atoms with van der Waals surface area (Å²) in [5.74, 6) is -0.359. The smallest absolute Gasteiger partial charge is 0.334 e. The molecule has 0 aromatic carbocycles. The van der Waals surface area contributed by atoms with E-state index in [2.05, 4.69) is 0 Å². The third-order valence-corrected chi connectivity index (χ3v) is 4.66. The Morgan fingerprint density at radius 3 is 2.14 bits per heavy atom. The highest BCUT2D eigenvalue weighted by Gasteiger charge is 2.23. The Morgan fingerprint density at radius 2 is 1.64 bits per heavy atom. The molecule has 0 saturated heterocycles. The normalized spacial score (nSPS) is 13.7. The maximum atomic E-state index is 12.4. The summed E-state index contributed by atoms with van der Waals surface area (Å²) in [6, 6.07) is 0. The molecule has 0 aliphatic carbocycles. The van der Waals surface area contributed by atoms with Crippen LogP contribution in [0.15, 0.2) is 35.5 Å². The third-order valence-electron chi connectivity index (χ3n) is 2.47. The van der Waals surface area contributed by atoms with Crippen molar-refractivity contribution < 1.29 is 23.1 Å². The lowest BCUT2D eigenvalue weighted by atomic mass is 10.2. The molecule has 0 rings (SSSR count). The van der Waals surface area contributed by atoms with Gasteiger partial charge < -0.3 is 13.8 Å². The Bertz CT molecular complexity index is 467. The Balaban J connectivity index is 4.69. The van der Waals surface area contributed by atoms with Crippen molar-refractivity contribution in [1.82, 2.24) is 0 Å². The summed E-state index contributed by atoms with van der Waals surface area (Å²) in [4.78, 5) is 11.3. The van der Waals surface area contributed by atoms with E-state index in [1.807, 2.05) is 19.9 Å². The van der Waals surface area contributed by atoms with Gasteiger partial charge in [-0.05, 0) is 40.2 Å². The van der Waals surface area contributed by atoms with Crippen LogP contribution in [0, 0.1) is 0 Å². The van der Waals surface area contributed by atoms with Crippen molar-refractivity contribution >= 4 is 13.6 Å². The maximum absolute atomic E-state index is 12.4. The lowest BCUT2D eigenvalue weighted by Gasteiger charge is -2.16. The summed E-state index contributed by atoms with van der Waals surface area (Å²) in [6.45, 7) is 10.1. The van der Waals surface area contributed by atoms with E-state index in [0.29, 0.717) is 19.8 Å². The molecule has 0 radical (unpaired) electrons. The largest absolute Gasteiger partial charge is 0.463 e. The molecule has 0 spiro atoms. The number of allylic oxidation sites excluding steroid dienone is 5. The number of ether oxygens (including phenoxy) is 1. The van der Waals surface area contributed by atoms with Crippen LogP contribution in [0.25, 0.3) is 0 Å². The lowest BCUT2D eigenvalue weighted by molar-refractivity contribution is -0.137. The fraction of sp³-hybridized carbons (Fsp3) is 0.562. The van der Waals surface area contributed by atoms with Crippen LogP contribution in [-0.2, 0) is 23.1 Å². The van der Waals surface area contributed by atoms with Crippen molar-refractivity contribution in [2.24, 2.45) is 0 Å². The van der Waals surface area contributed by atoms with E-state index in [9.17, 15) is 9.36 Å². The number of esters is 1. The number of carbonyl (C=O) groups excluding carboxylic acids is 1. The molecular formula is C16H27O5P. The first-order chi connectivity index (χ1) is 10.4. The SMILES string of the molecule is CCOC(=O)/C=C(C)/C=C/C=C(\C)CP(=O)(OCC)OCC. The van der Waals surface area contributed by atoms with Gasteiger partial charge in [-0.1, -0.05) is 23.8 Å². The molecule has 0 amide bonds. The van der Waals surface area contributed by atoms with Crippen LogP contribution in [-0.4, -0.2) is 32.0 Å². The standard InChI is InChI=1S/C16H27O5P/c1-6-19-16(17)12-14(4)10-9-11-15(5)13-22(18,20-7-2)21-8-3/h9-12H,6-8,13H2,1-5H3/b10-9+,14-12+,15-11+. The van der Waals surface area contributed by atoms with Crippen molar-refractivity contribution in [1.29, 1.82) is 0 Å². The van der Waals surface area contributed by atoms with Crippen LogP contribution in [0.5, 0.6) is 0 Å². The molecule has 0 unspecified atom stereocenters. The van der Waals surface area contributed by atoms with Crippen molar-refractivity contribution in [2.75, 3.05) is 26.0 Å². The van der Waals surface area contributed by atoms with Crippen LogP contribution in [0.4, 0.5) is 0 Å². The van der Waals surface area contributed by atoms with Crippen LogP contribution in [0.1, 0.15) is 34.6 Å². The molecule has 6 heteroatoms. The second-order valence-corrected chi connectivity index (χ2v) is 6.67. The molecule has 0 atom stereocenters. The predicted molar refractivity (Wildman–Crippen MR) is 89.0 cm³/mol. The molecule has 0 aromatic heterocycles. The second-order valence-electron chi connectivity index (χ2n) is 4.62. The van der Waals surface area contributed by atoms with Gasteiger partial charge in [-0.15, -0.1) is 0 Å². The molecule has 0 heterocycles. The van der Waals surface area contributed by atoms with E-state index in [0.717, 1.165) is 11.1 Å². The summed E-state index contributed by atoms with van der Waals surface area (Å²) in [6.07, 6.45) is 7.08. The zero-order chi connectivity index (χ0) is 17.0. The topological polar surface area (TPSA) is 61.8 Å². The van der Waals surface area contributed by atoms with Gasteiger partial charge in [0.1, 0.15) is 0 Å². The average Bonchev–Trinajstić information content (AvgIpc) is 2.38. The fourth-order valence-corrected chi connectivity index (χ4v) is 3.42. The number of rotatable bonds is 10. The summed E-state index contributed by atoms with van der Waals surface area (Å²) in [5.41, 5.74) is 1.66. The van der Waals surface area contributed by atoms with E-state index in [-0.39, 0.29) is 12.1 Å². The van der Waals surface area contributed by atoms with Crippen molar-refractivity contribution in [3.63, 3.8) is 0 Å². The van der Waals surface area contributed by atoms with E-state index in [4.69, 9.17) is 13.8 Å². The first-order valence-corrected chi connectivity index (χ1v) is 9.16. The third kappa shape index (κ3) is 9.72. The second kappa shape index (κ2) is 11.4. The monoisotopic (exact) mass is 330 g/mol. The summed E-state index contributed by atoms with van der Waals surface area (Å²) >= 11 is 0. The minimum atomic E-state index is -3.06. The zero-order valence-corrected chi connectivity index (χ0v) is 15.0. The Kier molecular flexibility index (Phi) is 10.8. The predicted octanol–water partition coefficient (Wildman–Crippen LogP) is 4.26. The van der Waals surface area contributed by atoms with Gasteiger partial charge >= 0.3 is 13.6 Å². The van der Waals surface area contributed by atoms with Crippen molar-refractivity contribution in [3.05, 3.63) is 35.5 Å². The maximum Gasteiger partial charge on any atom is 0.334 e. The van der Waals surface area contributed by atoms with Gasteiger partial charge in [-0.3, -0.25) is 4.57 Å². The summed E-state index contributed by atoms with van der Waals surface area (Å²) in [7, 11) is -3.06. The van der Waals surface area contributed by atoms with E-state index >= 15 is 0 Å². The Morgan fingerprint density at radius 1 is 1.05 bits per heavy atom. The van der Waals surface area contributed by atoms with Crippen LogP contribution in [0.2, 0.25) is 0 Å². The molecule has 0 bridgehead atoms. The highest BCUT2D eigenvalue weighted by molar-refractivity contribution is 7.54. The Hall–Kier alpha value is -1.16. The number of hydrogen-bond acceptors (Lipinski definition) is 5. The molecule has 5 nitrogen and oxygen atoms in total. The number of carbonyl (C=O) groups is 1. The molecular weight excluding hydrogens is 303 g/mol. The lowest BCUT2D eigenvalue weighted by Crippen LogP contribution is -2.01. The van der Waals surface area contributed by atoms with Crippen LogP contribution < -0.4 is 0 Å². The summed E-state index contributed by atoms with van der Waals surface area (Å²) in [5, 5.41) is 0. The van der Waals surface area contributed by atoms with Gasteiger partial charge in [0.05, 0.1) is 26.0 Å². The van der Waals surface area contributed by atoms with Gasteiger partial charge in [-0.25, -0.2) is 4.79 Å². The summed E-state index contributed by atoms with van der Waals surface area (Å²) < 4.78 is 27.7. The molecule has 0 aliphatic rings. The van der Waals surface area contributed by atoms with Crippen LogP contribution >= 0.6 is 7.60 Å². The van der Waals surface area contributed by atoms with Gasteiger partial charge in [0.2, 0.25) is 0 Å². The molecule has 0 aliphatic heterocycles. The van der Waals surface area contributed by atoms with E-state index in [1.54, 1.807) is 32.9 Å². The molecule has 22 heavy (non-hydrogen) atoms. The van der Waals surface area contributed by atoms with E-state index in [1.165, 1.54) is 6.08 Å². The van der Waals surface area contributed by atoms with Crippen molar-refractivity contribution in [3.8, 4) is 0 Å². The first kappa shape index (κ1) is 20.8. The fourth-order valence-electron chi connectivity index (χ4n) is 1.66.